The SMILES string of the molecule is COC(=O)CN1C(=O)[C@H]2[C@@H]3C=C[C@H]([C@@H]4C[C@H]34)[C@@H]2C1=O. The van der Waals surface area contributed by atoms with Crippen molar-refractivity contribution in [1.29, 1.82) is 0 Å². The van der Waals surface area contributed by atoms with Crippen molar-refractivity contribution in [2.45, 2.75) is 6.42 Å². The van der Waals surface area contributed by atoms with Crippen molar-refractivity contribution in [3.8, 4) is 0 Å². The first-order valence-electron chi connectivity index (χ1n) is 6.74. The van der Waals surface area contributed by atoms with E-state index in [1.807, 2.05) is 0 Å². The van der Waals surface area contributed by atoms with Gasteiger partial charge in [0.2, 0.25) is 11.8 Å². The highest BCUT2D eigenvalue weighted by molar-refractivity contribution is 6.07. The Labute approximate surface area is 110 Å². The number of allylic oxidation sites excluding steroid dienone is 2. The molecule has 3 fully saturated rings. The molecule has 0 N–H and O–H groups in total. The highest BCUT2D eigenvalue weighted by Crippen LogP contribution is 2.65. The smallest absolute Gasteiger partial charge is 0.325 e. The summed E-state index contributed by atoms with van der Waals surface area (Å²) in [5.74, 6) is 0.253. The first-order valence-corrected chi connectivity index (χ1v) is 6.74. The largest absolute Gasteiger partial charge is 0.468 e. The van der Waals surface area contributed by atoms with E-state index in [9.17, 15) is 14.4 Å². The number of nitrogens with zero attached hydrogens (tertiary/aromatic N) is 1. The van der Waals surface area contributed by atoms with Crippen LogP contribution in [0, 0.1) is 35.5 Å². The molecule has 1 heterocycles. The summed E-state index contributed by atoms with van der Waals surface area (Å²) >= 11 is 0. The quantitative estimate of drug-likeness (QED) is 0.405. The van der Waals surface area contributed by atoms with Crippen LogP contribution in [0.3, 0.4) is 0 Å². The molecule has 5 heteroatoms. The summed E-state index contributed by atoms with van der Waals surface area (Å²) in [6.45, 7) is -0.240. The van der Waals surface area contributed by atoms with Gasteiger partial charge >= 0.3 is 5.97 Å². The third-order valence-corrected chi connectivity index (χ3v) is 5.27. The lowest BCUT2D eigenvalue weighted by Gasteiger charge is -2.37. The lowest BCUT2D eigenvalue weighted by Crippen LogP contribution is -2.40. The Morgan fingerprint density at radius 3 is 2.21 bits per heavy atom. The van der Waals surface area contributed by atoms with Crippen molar-refractivity contribution in [1.82, 2.24) is 4.90 Å². The third-order valence-electron chi connectivity index (χ3n) is 5.27. The first kappa shape index (κ1) is 11.2. The number of ether oxygens (including phenoxy) is 1. The van der Waals surface area contributed by atoms with Gasteiger partial charge in [0, 0.05) is 0 Å². The Balaban J connectivity index is 1.66. The van der Waals surface area contributed by atoms with Gasteiger partial charge in [-0.05, 0) is 30.1 Å². The van der Waals surface area contributed by atoms with E-state index in [0.717, 1.165) is 11.3 Å². The van der Waals surface area contributed by atoms with E-state index in [-0.39, 0.29) is 42.0 Å². The molecule has 5 rings (SSSR count). The maximum atomic E-state index is 12.4. The molecule has 2 amide bonds. The molecule has 2 bridgehead atoms. The van der Waals surface area contributed by atoms with E-state index in [1.54, 1.807) is 0 Å². The molecule has 0 aromatic heterocycles. The number of likely N-dealkylation sites (tertiary alicyclic amines) is 1. The predicted octanol–water partition coefficient (Wildman–Crippen LogP) is 0.212. The van der Waals surface area contributed by atoms with Crippen LogP contribution in [0.1, 0.15) is 6.42 Å². The highest BCUT2D eigenvalue weighted by atomic mass is 16.5. The van der Waals surface area contributed by atoms with E-state index < -0.39 is 5.97 Å². The van der Waals surface area contributed by atoms with Crippen LogP contribution in [0.15, 0.2) is 12.2 Å². The number of esters is 1. The van der Waals surface area contributed by atoms with Crippen LogP contribution in [-0.2, 0) is 19.1 Å². The summed E-state index contributed by atoms with van der Waals surface area (Å²) < 4.78 is 4.56. The highest BCUT2D eigenvalue weighted by Gasteiger charge is 2.67. The summed E-state index contributed by atoms with van der Waals surface area (Å²) in [4.78, 5) is 37.3. The molecule has 0 aromatic rings. The standard InChI is InChI=1S/C14H15NO4/c1-19-10(16)5-15-13(17)11-6-2-3-7(9-4-8(6)9)12(11)14(15)18/h2-3,6-9,11-12H,4-5H2,1H3/t6-,7-,8-,9+,11+,12+/m1/s1. The Morgan fingerprint density at radius 2 is 1.74 bits per heavy atom. The van der Waals surface area contributed by atoms with Crippen molar-refractivity contribution in [3.05, 3.63) is 12.2 Å². The van der Waals surface area contributed by atoms with E-state index in [2.05, 4.69) is 16.9 Å². The predicted molar refractivity (Wildman–Crippen MR) is 63.4 cm³/mol. The van der Waals surface area contributed by atoms with Gasteiger partial charge in [-0.3, -0.25) is 19.3 Å². The average Bonchev–Trinajstić information content (AvgIpc) is 3.20. The zero-order valence-corrected chi connectivity index (χ0v) is 10.6. The lowest BCUT2D eigenvalue weighted by atomic mass is 9.63. The van der Waals surface area contributed by atoms with Crippen molar-refractivity contribution < 1.29 is 19.1 Å². The molecule has 2 saturated carbocycles. The van der Waals surface area contributed by atoms with Crippen LogP contribution < -0.4 is 0 Å². The van der Waals surface area contributed by atoms with Crippen molar-refractivity contribution >= 4 is 17.8 Å². The van der Waals surface area contributed by atoms with Gasteiger partial charge in [-0.25, -0.2) is 0 Å². The van der Waals surface area contributed by atoms with Gasteiger partial charge in [-0.15, -0.1) is 0 Å². The minimum absolute atomic E-state index is 0.176. The van der Waals surface area contributed by atoms with E-state index in [4.69, 9.17) is 0 Å². The number of hydrogen-bond acceptors (Lipinski definition) is 4. The number of carbonyl (C=O) groups is 3. The van der Waals surface area contributed by atoms with Gasteiger partial charge in [0.05, 0.1) is 18.9 Å². The van der Waals surface area contributed by atoms with Gasteiger partial charge in [-0.2, -0.15) is 0 Å². The fraction of sp³-hybridized carbons (Fsp3) is 0.643. The molecule has 100 valence electrons. The summed E-state index contributed by atoms with van der Waals surface area (Å²) in [6.07, 6.45) is 5.38. The van der Waals surface area contributed by atoms with Crippen molar-refractivity contribution in [3.63, 3.8) is 0 Å². The molecule has 1 aliphatic heterocycles. The van der Waals surface area contributed by atoms with E-state index in [1.165, 1.54) is 7.11 Å². The topological polar surface area (TPSA) is 63.7 Å². The molecule has 1 saturated heterocycles. The fourth-order valence-corrected chi connectivity index (χ4v) is 4.37. The minimum atomic E-state index is -0.536. The lowest BCUT2D eigenvalue weighted by molar-refractivity contribution is -0.151. The zero-order chi connectivity index (χ0) is 13.3. The van der Waals surface area contributed by atoms with E-state index in [0.29, 0.717) is 11.8 Å². The number of imide groups is 1. The molecule has 6 atom stereocenters. The maximum absolute atomic E-state index is 12.4. The monoisotopic (exact) mass is 261 g/mol. The second-order valence-electron chi connectivity index (χ2n) is 5.99. The molecule has 4 aliphatic carbocycles. The number of amides is 2. The molecule has 0 spiro atoms. The summed E-state index contributed by atoms with van der Waals surface area (Å²) in [5.41, 5.74) is 0. The summed E-state index contributed by atoms with van der Waals surface area (Å²) in [7, 11) is 1.26. The number of hydrogen-bond donors (Lipinski definition) is 0. The summed E-state index contributed by atoms with van der Waals surface area (Å²) in [6, 6.07) is 0. The van der Waals surface area contributed by atoms with Crippen LogP contribution in [-0.4, -0.2) is 36.3 Å². The van der Waals surface area contributed by atoms with Crippen LogP contribution in [0.25, 0.3) is 0 Å². The molecule has 19 heavy (non-hydrogen) atoms. The Morgan fingerprint density at radius 1 is 1.21 bits per heavy atom. The fourth-order valence-electron chi connectivity index (χ4n) is 4.37. The molecular weight excluding hydrogens is 246 g/mol. The summed E-state index contributed by atoms with van der Waals surface area (Å²) in [5, 5.41) is 0. The molecule has 5 aliphatic rings. The van der Waals surface area contributed by atoms with E-state index >= 15 is 0 Å². The molecule has 5 nitrogen and oxygen atoms in total. The van der Waals surface area contributed by atoms with Gasteiger partial charge in [0.1, 0.15) is 6.54 Å². The second kappa shape index (κ2) is 3.46. The number of carbonyl (C=O) groups excluding carboxylic acids is 3. The normalized spacial score (nSPS) is 45.2. The first-order chi connectivity index (χ1) is 9.13. The molecular formula is C14H15NO4. The van der Waals surface area contributed by atoms with Gasteiger partial charge in [0.15, 0.2) is 0 Å². The maximum Gasteiger partial charge on any atom is 0.325 e. The zero-order valence-electron chi connectivity index (χ0n) is 10.6. The average molecular weight is 261 g/mol. The minimum Gasteiger partial charge on any atom is -0.468 e. The second-order valence-corrected chi connectivity index (χ2v) is 5.99. The van der Waals surface area contributed by atoms with Crippen LogP contribution in [0.2, 0.25) is 0 Å². The van der Waals surface area contributed by atoms with Crippen molar-refractivity contribution in [2.75, 3.05) is 13.7 Å². The van der Waals surface area contributed by atoms with Gasteiger partial charge in [-0.1, -0.05) is 12.2 Å². The molecule has 0 unspecified atom stereocenters. The third kappa shape index (κ3) is 1.28. The van der Waals surface area contributed by atoms with Crippen LogP contribution in [0.4, 0.5) is 0 Å². The van der Waals surface area contributed by atoms with Crippen LogP contribution in [0.5, 0.6) is 0 Å². The van der Waals surface area contributed by atoms with Gasteiger partial charge < -0.3 is 4.74 Å². The van der Waals surface area contributed by atoms with Crippen molar-refractivity contribution in [2.24, 2.45) is 35.5 Å². The number of rotatable bonds is 2. The Hall–Kier alpha value is -1.65. The van der Waals surface area contributed by atoms with Gasteiger partial charge in [0.25, 0.3) is 0 Å². The Bertz CT molecular complexity index is 490. The molecule has 0 aromatic carbocycles. The number of methoxy groups -OCH3 is 1. The van der Waals surface area contributed by atoms with Crippen LogP contribution >= 0.6 is 0 Å². The Kier molecular flexibility index (Phi) is 2.04. The molecule has 0 radical (unpaired) electrons.